The average molecular weight is 416 g/mol. The summed E-state index contributed by atoms with van der Waals surface area (Å²) in [6, 6.07) is 2.37. The molecule has 0 radical (unpaired) electrons. The SMILES string of the molecule is CC(C)NC(=O)c1cc2c(-n3ccc(C(F)(F)F)n3)c(Br)cnc2[nH]1. The average Bonchev–Trinajstić information content (AvgIpc) is 3.12. The molecule has 6 nitrogen and oxygen atoms in total. The third-order valence-corrected chi connectivity index (χ3v) is 3.94. The highest BCUT2D eigenvalue weighted by atomic mass is 79.9. The number of fused-ring (bicyclic) bond motifs is 1. The number of pyridine rings is 1. The summed E-state index contributed by atoms with van der Waals surface area (Å²) in [5, 5.41) is 6.79. The first kappa shape index (κ1) is 17.5. The topological polar surface area (TPSA) is 75.6 Å². The zero-order valence-corrected chi connectivity index (χ0v) is 14.7. The van der Waals surface area contributed by atoms with Crippen molar-refractivity contribution in [1.29, 1.82) is 0 Å². The first-order valence-electron chi connectivity index (χ1n) is 7.28. The summed E-state index contributed by atoms with van der Waals surface area (Å²) in [4.78, 5) is 19.2. The van der Waals surface area contributed by atoms with Crippen LogP contribution < -0.4 is 5.32 Å². The highest BCUT2D eigenvalue weighted by Crippen LogP contribution is 2.32. The number of hydrogen-bond donors (Lipinski definition) is 2. The summed E-state index contributed by atoms with van der Waals surface area (Å²) >= 11 is 3.28. The molecule has 0 aliphatic rings. The highest BCUT2D eigenvalue weighted by Gasteiger charge is 2.34. The number of aromatic nitrogens is 4. The van der Waals surface area contributed by atoms with Crippen molar-refractivity contribution in [3.05, 3.63) is 40.4 Å². The van der Waals surface area contributed by atoms with Gasteiger partial charge in [0.2, 0.25) is 0 Å². The lowest BCUT2D eigenvalue weighted by atomic mass is 10.2. The second-order valence-corrected chi connectivity index (χ2v) is 6.53. The summed E-state index contributed by atoms with van der Waals surface area (Å²) in [5.41, 5.74) is -0.00654. The van der Waals surface area contributed by atoms with Gasteiger partial charge in [-0.15, -0.1) is 0 Å². The van der Waals surface area contributed by atoms with Gasteiger partial charge in [0.1, 0.15) is 11.3 Å². The van der Waals surface area contributed by atoms with Crippen LogP contribution in [0.2, 0.25) is 0 Å². The van der Waals surface area contributed by atoms with Crippen molar-refractivity contribution in [3.63, 3.8) is 0 Å². The van der Waals surface area contributed by atoms with Crippen molar-refractivity contribution in [2.24, 2.45) is 0 Å². The van der Waals surface area contributed by atoms with Gasteiger partial charge in [-0.05, 0) is 41.9 Å². The van der Waals surface area contributed by atoms with E-state index in [1.807, 2.05) is 13.8 Å². The Hall–Kier alpha value is -2.36. The molecule has 0 atom stereocenters. The molecule has 25 heavy (non-hydrogen) atoms. The van der Waals surface area contributed by atoms with Gasteiger partial charge in [-0.2, -0.15) is 18.3 Å². The molecule has 0 saturated carbocycles. The third-order valence-electron chi connectivity index (χ3n) is 3.36. The molecule has 0 fully saturated rings. The van der Waals surface area contributed by atoms with E-state index in [1.54, 1.807) is 0 Å². The summed E-state index contributed by atoms with van der Waals surface area (Å²) in [5.74, 6) is -0.327. The fourth-order valence-corrected chi connectivity index (χ4v) is 2.83. The quantitative estimate of drug-likeness (QED) is 0.685. The van der Waals surface area contributed by atoms with Crippen LogP contribution in [0, 0.1) is 0 Å². The minimum absolute atomic E-state index is 0.0569. The number of rotatable bonds is 3. The van der Waals surface area contributed by atoms with E-state index in [-0.39, 0.29) is 17.6 Å². The van der Waals surface area contributed by atoms with Crippen LogP contribution >= 0.6 is 15.9 Å². The number of alkyl halides is 3. The summed E-state index contributed by atoms with van der Waals surface area (Å²) in [6.45, 7) is 3.65. The standard InChI is InChI=1S/C15H13BrF3N5O/c1-7(2)21-14(25)10-5-8-12(9(16)6-20-13(8)22-10)24-4-3-11(23-24)15(17,18)19/h3-7H,1-2H3,(H,20,22)(H,21,25). The Kier molecular flexibility index (Phi) is 4.31. The molecule has 3 rings (SSSR count). The maximum Gasteiger partial charge on any atom is 0.435 e. The van der Waals surface area contributed by atoms with Gasteiger partial charge in [0.25, 0.3) is 5.91 Å². The molecule has 0 bridgehead atoms. The van der Waals surface area contributed by atoms with Gasteiger partial charge in [0, 0.05) is 23.8 Å². The number of aromatic amines is 1. The number of amides is 1. The van der Waals surface area contributed by atoms with Gasteiger partial charge in [-0.3, -0.25) is 4.79 Å². The zero-order chi connectivity index (χ0) is 18.4. The van der Waals surface area contributed by atoms with E-state index in [9.17, 15) is 18.0 Å². The number of H-pyrrole nitrogens is 1. The monoisotopic (exact) mass is 415 g/mol. The van der Waals surface area contributed by atoms with Crippen LogP contribution in [-0.4, -0.2) is 31.7 Å². The van der Waals surface area contributed by atoms with E-state index in [4.69, 9.17) is 0 Å². The van der Waals surface area contributed by atoms with Gasteiger partial charge in [0.15, 0.2) is 5.69 Å². The molecule has 10 heteroatoms. The maximum absolute atomic E-state index is 12.8. The molecule has 0 saturated heterocycles. The molecule has 3 heterocycles. The number of carbonyl (C=O) groups excluding carboxylic acids is 1. The van der Waals surface area contributed by atoms with Crippen LogP contribution in [-0.2, 0) is 6.18 Å². The largest absolute Gasteiger partial charge is 0.435 e. The lowest BCUT2D eigenvalue weighted by Crippen LogP contribution is -2.30. The molecule has 132 valence electrons. The van der Waals surface area contributed by atoms with Crippen molar-refractivity contribution in [2.45, 2.75) is 26.1 Å². The molecule has 0 aliphatic heterocycles. The second-order valence-electron chi connectivity index (χ2n) is 5.67. The predicted octanol–water partition coefficient (Wildman–Crippen LogP) is 3.67. The Morgan fingerprint density at radius 3 is 2.72 bits per heavy atom. The van der Waals surface area contributed by atoms with E-state index >= 15 is 0 Å². The van der Waals surface area contributed by atoms with E-state index in [2.05, 4.69) is 36.3 Å². The number of hydrogen-bond acceptors (Lipinski definition) is 3. The van der Waals surface area contributed by atoms with Crippen LogP contribution in [0.3, 0.4) is 0 Å². The lowest BCUT2D eigenvalue weighted by Gasteiger charge is -2.06. The first-order valence-corrected chi connectivity index (χ1v) is 8.07. The fraction of sp³-hybridized carbons (Fsp3) is 0.267. The molecule has 0 aromatic carbocycles. The Morgan fingerprint density at radius 1 is 1.40 bits per heavy atom. The Morgan fingerprint density at radius 2 is 2.12 bits per heavy atom. The summed E-state index contributed by atoms with van der Waals surface area (Å²) in [6.07, 6.45) is -1.89. The molecule has 0 unspecified atom stereocenters. The second kappa shape index (κ2) is 6.17. The minimum Gasteiger partial charge on any atom is -0.349 e. The van der Waals surface area contributed by atoms with E-state index in [1.165, 1.54) is 18.5 Å². The van der Waals surface area contributed by atoms with Crippen molar-refractivity contribution < 1.29 is 18.0 Å². The molecule has 0 spiro atoms. The molecule has 3 aromatic rings. The maximum atomic E-state index is 12.8. The minimum atomic E-state index is -4.54. The third kappa shape index (κ3) is 3.39. The van der Waals surface area contributed by atoms with Crippen LogP contribution in [0.25, 0.3) is 16.7 Å². The van der Waals surface area contributed by atoms with Crippen molar-refractivity contribution in [2.75, 3.05) is 0 Å². The molecule has 1 amide bonds. The predicted molar refractivity (Wildman–Crippen MR) is 88.5 cm³/mol. The smallest absolute Gasteiger partial charge is 0.349 e. The molecule has 3 aromatic heterocycles. The van der Waals surface area contributed by atoms with E-state index in [0.717, 1.165) is 10.7 Å². The molecule has 2 N–H and O–H groups in total. The van der Waals surface area contributed by atoms with Gasteiger partial charge in [-0.1, -0.05) is 0 Å². The van der Waals surface area contributed by atoms with Gasteiger partial charge in [-0.25, -0.2) is 9.67 Å². The van der Waals surface area contributed by atoms with Crippen molar-refractivity contribution in [3.8, 4) is 5.69 Å². The zero-order valence-electron chi connectivity index (χ0n) is 13.1. The normalized spacial score (nSPS) is 12.1. The van der Waals surface area contributed by atoms with Crippen molar-refractivity contribution >= 4 is 32.9 Å². The molecular formula is C15H13BrF3N5O. The number of nitrogens with one attached hydrogen (secondary N) is 2. The Labute approximate surface area is 148 Å². The fourth-order valence-electron chi connectivity index (χ4n) is 2.33. The number of carbonyl (C=O) groups is 1. The van der Waals surface area contributed by atoms with Crippen molar-refractivity contribution in [1.82, 2.24) is 25.1 Å². The summed E-state index contributed by atoms with van der Waals surface area (Å²) in [7, 11) is 0. The van der Waals surface area contributed by atoms with E-state index in [0.29, 0.717) is 21.2 Å². The lowest BCUT2D eigenvalue weighted by molar-refractivity contribution is -0.141. The van der Waals surface area contributed by atoms with Crippen LogP contribution in [0.1, 0.15) is 30.0 Å². The molecule has 0 aliphatic carbocycles. The van der Waals surface area contributed by atoms with Gasteiger partial charge >= 0.3 is 6.18 Å². The van der Waals surface area contributed by atoms with Gasteiger partial charge < -0.3 is 10.3 Å². The number of nitrogens with zero attached hydrogens (tertiary/aromatic N) is 3. The summed E-state index contributed by atoms with van der Waals surface area (Å²) < 4.78 is 40.0. The number of halogens is 4. The first-order chi connectivity index (χ1) is 11.7. The van der Waals surface area contributed by atoms with Crippen LogP contribution in [0.15, 0.2) is 29.0 Å². The van der Waals surface area contributed by atoms with Crippen LogP contribution in [0.5, 0.6) is 0 Å². The Bertz CT molecular complexity index is 944. The van der Waals surface area contributed by atoms with Crippen LogP contribution in [0.4, 0.5) is 13.2 Å². The molecular weight excluding hydrogens is 403 g/mol. The Balaban J connectivity index is 2.11. The highest BCUT2D eigenvalue weighted by molar-refractivity contribution is 9.10. The van der Waals surface area contributed by atoms with E-state index < -0.39 is 11.9 Å². The van der Waals surface area contributed by atoms with Gasteiger partial charge in [0.05, 0.1) is 10.2 Å².